The number of benzene rings is 1. The van der Waals surface area contributed by atoms with Crippen LogP contribution < -0.4 is 0 Å². The molecular formula is C17H20BrFN2OS. The minimum Gasteiger partial charge on any atom is -0.338 e. The van der Waals surface area contributed by atoms with Crippen LogP contribution in [0.2, 0.25) is 0 Å². The van der Waals surface area contributed by atoms with Gasteiger partial charge in [0.05, 0.1) is 10.3 Å². The molecule has 0 radical (unpaired) electrons. The number of amides is 1. The van der Waals surface area contributed by atoms with Gasteiger partial charge in [0.25, 0.3) is 0 Å². The monoisotopic (exact) mass is 398 g/mol. The highest BCUT2D eigenvalue weighted by atomic mass is 79.9. The molecule has 2 rings (SSSR count). The molecule has 1 amide bonds. The Morgan fingerprint density at radius 1 is 1.26 bits per heavy atom. The Bertz CT molecular complexity index is 662. The standard InChI is InChI=1S/C17H20BrFN2OS/c1-3-21(10-13-5-4-6-15(19)7-13)17(22)11-20(2)9-14-8-16(18)23-12-14/h4-8,12H,3,9-11H2,1-2H3. The van der Waals surface area contributed by atoms with Crippen LogP contribution in [-0.2, 0) is 17.9 Å². The van der Waals surface area contributed by atoms with Crippen LogP contribution in [0, 0.1) is 5.82 Å². The third kappa shape index (κ3) is 5.71. The first kappa shape index (κ1) is 18.1. The molecule has 0 aliphatic carbocycles. The topological polar surface area (TPSA) is 23.6 Å². The smallest absolute Gasteiger partial charge is 0.237 e. The summed E-state index contributed by atoms with van der Waals surface area (Å²) in [5, 5.41) is 2.08. The van der Waals surface area contributed by atoms with Crippen LogP contribution in [0.25, 0.3) is 0 Å². The molecule has 0 saturated carbocycles. The van der Waals surface area contributed by atoms with Crippen LogP contribution in [-0.4, -0.2) is 35.8 Å². The fraction of sp³-hybridized carbons (Fsp3) is 0.353. The number of hydrogen-bond acceptors (Lipinski definition) is 3. The van der Waals surface area contributed by atoms with Gasteiger partial charge in [0, 0.05) is 19.6 Å². The quantitative estimate of drug-likeness (QED) is 0.699. The van der Waals surface area contributed by atoms with Crippen molar-refractivity contribution >= 4 is 33.2 Å². The zero-order valence-electron chi connectivity index (χ0n) is 13.3. The minimum absolute atomic E-state index is 0.0496. The van der Waals surface area contributed by atoms with E-state index < -0.39 is 0 Å². The van der Waals surface area contributed by atoms with E-state index in [2.05, 4.69) is 27.4 Å². The van der Waals surface area contributed by atoms with Gasteiger partial charge in [-0.2, -0.15) is 0 Å². The lowest BCUT2D eigenvalue weighted by atomic mass is 10.2. The summed E-state index contributed by atoms with van der Waals surface area (Å²) in [6.45, 7) is 4.05. The predicted octanol–water partition coefficient (Wildman–Crippen LogP) is 4.13. The Kier molecular flexibility index (Phi) is 6.74. The Morgan fingerprint density at radius 2 is 2.04 bits per heavy atom. The normalized spacial score (nSPS) is 11.0. The Hall–Kier alpha value is -1.24. The molecule has 6 heteroatoms. The summed E-state index contributed by atoms with van der Waals surface area (Å²) < 4.78 is 14.4. The fourth-order valence-electron chi connectivity index (χ4n) is 2.36. The highest BCUT2D eigenvalue weighted by Crippen LogP contribution is 2.21. The first-order chi connectivity index (χ1) is 11.0. The van der Waals surface area contributed by atoms with Crippen LogP contribution in [0.4, 0.5) is 4.39 Å². The zero-order chi connectivity index (χ0) is 16.8. The number of carbonyl (C=O) groups excluding carboxylic acids is 1. The lowest BCUT2D eigenvalue weighted by Crippen LogP contribution is -2.38. The van der Waals surface area contributed by atoms with Crippen molar-refractivity contribution in [3.05, 3.63) is 56.4 Å². The maximum Gasteiger partial charge on any atom is 0.237 e. The molecule has 124 valence electrons. The third-order valence-corrected chi connectivity index (χ3v) is 5.03. The van der Waals surface area contributed by atoms with Crippen molar-refractivity contribution in [1.82, 2.24) is 9.80 Å². The first-order valence-electron chi connectivity index (χ1n) is 7.41. The fourth-order valence-corrected chi connectivity index (χ4v) is 3.56. The van der Waals surface area contributed by atoms with E-state index in [1.165, 1.54) is 17.7 Å². The number of rotatable bonds is 7. The van der Waals surface area contributed by atoms with E-state index in [0.717, 1.165) is 15.9 Å². The van der Waals surface area contributed by atoms with Crippen LogP contribution >= 0.6 is 27.3 Å². The maximum absolute atomic E-state index is 13.3. The molecule has 0 aliphatic heterocycles. The van der Waals surface area contributed by atoms with Gasteiger partial charge in [0.2, 0.25) is 5.91 Å². The largest absolute Gasteiger partial charge is 0.338 e. The lowest BCUT2D eigenvalue weighted by molar-refractivity contribution is -0.132. The summed E-state index contributed by atoms with van der Waals surface area (Å²) in [6.07, 6.45) is 0. The molecule has 0 aliphatic rings. The molecular weight excluding hydrogens is 379 g/mol. The summed E-state index contributed by atoms with van der Waals surface area (Å²) in [7, 11) is 1.93. The molecule has 1 heterocycles. The molecule has 3 nitrogen and oxygen atoms in total. The third-order valence-electron chi connectivity index (χ3n) is 3.48. The second kappa shape index (κ2) is 8.57. The molecule has 0 N–H and O–H groups in total. The van der Waals surface area contributed by atoms with Gasteiger partial charge >= 0.3 is 0 Å². The van der Waals surface area contributed by atoms with E-state index in [0.29, 0.717) is 19.6 Å². The van der Waals surface area contributed by atoms with Gasteiger partial charge < -0.3 is 4.90 Å². The number of carbonyl (C=O) groups is 1. The molecule has 0 unspecified atom stereocenters. The average molecular weight is 399 g/mol. The van der Waals surface area contributed by atoms with Crippen LogP contribution in [0.5, 0.6) is 0 Å². The van der Waals surface area contributed by atoms with Crippen molar-refractivity contribution in [2.45, 2.75) is 20.0 Å². The van der Waals surface area contributed by atoms with Gasteiger partial charge in [-0.05, 0) is 64.6 Å². The summed E-state index contributed by atoms with van der Waals surface area (Å²) in [5.74, 6) is -0.222. The Labute approximate surface area is 148 Å². The molecule has 1 aromatic carbocycles. The zero-order valence-corrected chi connectivity index (χ0v) is 15.7. The summed E-state index contributed by atoms with van der Waals surface area (Å²) >= 11 is 5.08. The minimum atomic E-state index is -0.272. The van der Waals surface area contributed by atoms with Gasteiger partial charge in [0.15, 0.2) is 0 Å². The van der Waals surface area contributed by atoms with Crippen LogP contribution in [0.3, 0.4) is 0 Å². The predicted molar refractivity (Wildman–Crippen MR) is 95.8 cm³/mol. The second-order valence-electron chi connectivity index (χ2n) is 5.47. The van der Waals surface area contributed by atoms with Crippen LogP contribution in [0.15, 0.2) is 39.5 Å². The molecule has 0 bridgehead atoms. The van der Waals surface area contributed by atoms with Crippen molar-refractivity contribution in [3.63, 3.8) is 0 Å². The Balaban J connectivity index is 1.91. The number of halogens is 2. The van der Waals surface area contributed by atoms with Gasteiger partial charge in [-0.15, -0.1) is 11.3 Å². The van der Waals surface area contributed by atoms with Crippen molar-refractivity contribution in [3.8, 4) is 0 Å². The van der Waals surface area contributed by atoms with Crippen LogP contribution in [0.1, 0.15) is 18.1 Å². The van der Waals surface area contributed by atoms with E-state index in [1.807, 2.05) is 24.9 Å². The van der Waals surface area contributed by atoms with Gasteiger partial charge in [-0.25, -0.2) is 4.39 Å². The van der Waals surface area contributed by atoms with E-state index in [4.69, 9.17) is 0 Å². The second-order valence-corrected chi connectivity index (χ2v) is 7.76. The number of hydrogen-bond donors (Lipinski definition) is 0. The van der Waals surface area contributed by atoms with Gasteiger partial charge in [-0.1, -0.05) is 12.1 Å². The highest BCUT2D eigenvalue weighted by Gasteiger charge is 2.15. The molecule has 0 saturated heterocycles. The summed E-state index contributed by atoms with van der Waals surface area (Å²) in [4.78, 5) is 16.2. The van der Waals surface area contributed by atoms with E-state index in [9.17, 15) is 9.18 Å². The summed E-state index contributed by atoms with van der Waals surface area (Å²) in [5.41, 5.74) is 2.00. The number of nitrogens with zero attached hydrogens (tertiary/aromatic N) is 2. The highest BCUT2D eigenvalue weighted by molar-refractivity contribution is 9.11. The molecule has 0 atom stereocenters. The van der Waals surface area contributed by atoms with E-state index in [-0.39, 0.29) is 11.7 Å². The molecule has 0 fully saturated rings. The lowest BCUT2D eigenvalue weighted by Gasteiger charge is -2.24. The van der Waals surface area contributed by atoms with E-state index >= 15 is 0 Å². The molecule has 0 spiro atoms. The summed E-state index contributed by atoms with van der Waals surface area (Å²) in [6, 6.07) is 8.46. The number of thiophene rings is 1. The first-order valence-corrected chi connectivity index (χ1v) is 9.09. The number of likely N-dealkylation sites (N-methyl/N-ethyl adjacent to an activating group) is 2. The molecule has 2 aromatic rings. The van der Waals surface area contributed by atoms with Gasteiger partial charge in [0.1, 0.15) is 5.82 Å². The van der Waals surface area contributed by atoms with Gasteiger partial charge in [-0.3, -0.25) is 9.69 Å². The van der Waals surface area contributed by atoms with Crippen molar-refractivity contribution < 1.29 is 9.18 Å². The average Bonchev–Trinajstić information content (AvgIpc) is 2.89. The Morgan fingerprint density at radius 3 is 2.65 bits per heavy atom. The van der Waals surface area contributed by atoms with Crippen molar-refractivity contribution in [2.75, 3.05) is 20.1 Å². The van der Waals surface area contributed by atoms with Crippen molar-refractivity contribution in [2.24, 2.45) is 0 Å². The maximum atomic E-state index is 13.3. The molecule has 1 aromatic heterocycles. The molecule has 23 heavy (non-hydrogen) atoms. The van der Waals surface area contributed by atoms with Crippen molar-refractivity contribution in [1.29, 1.82) is 0 Å². The van der Waals surface area contributed by atoms with E-state index in [1.54, 1.807) is 22.3 Å². The SMILES string of the molecule is CCN(Cc1cccc(F)c1)C(=O)CN(C)Cc1csc(Br)c1.